The first kappa shape index (κ1) is 5.69. The Labute approximate surface area is 55.7 Å². The van der Waals surface area contributed by atoms with Gasteiger partial charge in [-0.25, -0.2) is 0 Å². The second-order valence-electron chi connectivity index (χ2n) is 3.09. The number of hydrogen-bond acceptors (Lipinski definition) is 2. The molecule has 0 aliphatic carbocycles. The summed E-state index contributed by atoms with van der Waals surface area (Å²) in [7, 11) is 0. The van der Waals surface area contributed by atoms with Gasteiger partial charge in [-0.05, 0) is 26.2 Å². The number of hydrogen-bond donors (Lipinski definition) is 0. The predicted molar refractivity (Wildman–Crippen MR) is 34.9 cm³/mol. The van der Waals surface area contributed by atoms with Gasteiger partial charge in [-0.3, -0.25) is 4.84 Å². The molecule has 2 unspecified atom stereocenters. The Balaban J connectivity index is 2.02. The Bertz CT molecular complexity index is 103. The molecule has 0 amide bonds. The molecular formula is C7H13NO. The Hall–Kier alpha value is -0.0800. The first-order valence-electron chi connectivity index (χ1n) is 3.79. The second-order valence-corrected chi connectivity index (χ2v) is 3.09. The van der Waals surface area contributed by atoms with Gasteiger partial charge in [0.2, 0.25) is 0 Å². The average molecular weight is 127 g/mol. The monoisotopic (exact) mass is 127 g/mol. The summed E-state index contributed by atoms with van der Waals surface area (Å²) in [6.45, 7) is 3.31. The maximum absolute atomic E-state index is 5.52. The van der Waals surface area contributed by atoms with Crippen molar-refractivity contribution in [3.8, 4) is 0 Å². The normalized spacial score (nSPS) is 43.7. The van der Waals surface area contributed by atoms with Crippen molar-refractivity contribution in [2.75, 3.05) is 6.54 Å². The lowest BCUT2D eigenvalue weighted by molar-refractivity contribution is -0.142. The van der Waals surface area contributed by atoms with Crippen LogP contribution in [0.3, 0.4) is 0 Å². The zero-order valence-electron chi connectivity index (χ0n) is 5.84. The minimum absolute atomic E-state index is 0.482. The van der Waals surface area contributed by atoms with Gasteiger partial charge in [0.15, 0.2) is 0 Å². The largest absolute Gasteiger partial charge is 0.296 e. The maximum Gasteiger partial charge on any atom is 0.0781 e. The Morgan fingerprint density at radius 3 is 3.22 bits per heavy atom. The van der Waals surface area contributed by atoms with Crippen LogP contribution in [0.2, 0.25) is 0 Å². The number of rotatable bonds is 0. The summed E-state index contributed by atoms with van der Waals surface area (Å²) in [5.74, 6) is 0. The molecule has 0 aromatic heterocycles. The minimum Gasteiger partial charge on any atom is -0.296 e. The fourth-order valence-corrected chi connectivity index (χ4v) is 1.84. The summed E-state index contributed by atoms with van der Waals surface area (Å²) in [6, 6.07) is 0.764. The van der Waals surface area contributed by atoms with Crippen LogP contribution in [0, 0.1) is 0 Å². The summed E-state index contributed by atoms with van der Waals surface area (Å²) in [6.07, 6.45) is 4.41. The molecule has 2 rings (SSSR count). The molecule has 2 fully saturated rings. The van der Waals surface area contributed by atoms with Gasteiger partial charge in [0, 0.05) is 12.6 Å². The first-order chi connectivity index (χ1) is 4.36. The van der Waals surface area contributed by atoms with E-state index in [-0.39, 0.29) is 0 Å². The fourth-order valence-electron chi connectivity index (χ4n) is 1.84. The molecule has 0 N–H and O–H groups in total. The highest BCUT2D eigenvalue weighted by atomic mass is 16.7. The Kier molecular flexibility index (Phi) is 1.24. The van der Waals surface area contributed by atoms with Crippen LogP contribution in [0.5, 0.6) is 0 Å². The van der Waals surface area contributed by atoms with Crippen molar-refractivity contribution >= 4 is 0 Å². The number of fused-ring (bicyclic) bond motifs is 1. The van der Waals surface area contributed by atoms with Crippen LogP contribution in [-0.4, -0.2) is 23.8 Å². The van der Waals surface area contributed by atoms with E-state index in [9.17, 15) is 0 Å². The van der Waals surface area contributed by atoms with Crippen LogP contribution in [0.4, 0.5) is 0 Å². The van der Waals surface area contributed by atoms with Crippen molar-refractivity contribution in [2.24, 2.45) is 0 Å². The highest BCUT2D eigenvalue weighted by Gasteiger charge is 2.34. The third-order valence-electron chi connectivity index (χ3n) is 2.24. The van der Waals surface area contributed by atoms with Crippen LogP contribution in [0.1, 0.15) is 26.2 Å². The summed E-state index contributed by atoms with van der Waals surface area (Å²) >= 11 is 0. The predicted octanol–water partition coefficient (Wildman–Crippen LogP) is 1.17. The lowest BCUT2D eigenvalue weighted by Gasteiger charge is -2.11. The molecule has 2 heterocycles. The third-order valence-corrected chi connectivity index (χ3v) is 2.24. The first-order valence-corrected chi connectivity index (χ1v) is 3.79. The lowest BCUT2D eigenvalue weighted by atomic mass is 10.1. The molecule has 0 radical (unpaired) electrons. The maximum atomic E-state index is 5.52. The van der Waals surface area contributed by atoms with Gasteiger partial charge in [0.05, 0.1) is 6.10 Å². The van der Waals surface area contributed by atoms with Crippen molar-refractivity contribution in [2.45, 2.75) is 38.3 Å². The van der Waals surface area contributed by atoms with Gasteiger partial charge in [-0.2, -0.15) is 5.06 Å². The van der Waals surface area contributed by atoms with Crippen LogP contribution in [-0.2, 0) is 4.84 Å². The van der Waals surface area contributed by atoms with Gasteiger partial charge < -0.3 is 0 Å². The molecule has 0 aromatic rings. The van der Waals surface area contributed by atoms with E-state index in [0.29, 0.717) is 6.10 Å². The van der Waals surface area contributed by atoms with E-state index in [1.54, 1.807) is 0 Å². The molecule has 2 aliphatic heterocycles. The molecule has 2 atom stereocenters. The molecule has 0 bridgehead atoms. The van der Waals surface area contributed by atoms with Crippen LogP contribution in [0.15, 0.2) is 0 Å². The minimum atomic E-state index is 0.482. The van der Waals surface area contributed by atoms with Gasteiger partial charge in [-0.15, -0.1) is 0 Å². The van der Waals surface area contributed by atoms with Crippen LogP contribution in [0.25, 0.3) is 0 Å². The van der Waals surface area contributed by atoms with E-state index in [0.717, 1.165) is 12.6 Å². The van der Waals surface area contributed by atoms with Gasteiger partial charge in [-0.1, -0.05) is 0 Å². The van der Waals surface area contributed by atoms with Crippen molar-refractivity contribution < 1.29 is 4.84 Å². The van der Waals surface area contributed by atoms with Crippen LogP contribution < -0.4 is 0 Å². The average Bonchev–Trinajstić information content (AvgIpc) is 2.22. The van der Waals surface area contributed by atoms with Gasteiger partial charge >= 0.3 is 0 Å². The molecule has 2 nitrogen and oxygen atoms in total. The fraction of sp³-hybridized carbons (Fsp3) is 1.00. The van der Waals surface area contributed by atoms with E-state index >= 15 is 0 Å². The highest BCUT2D eigenvalue weighted by Crippen LogP contribution is 2.29. The Morgan fingerprint density at radius 2 is 2.44 bits per heavy atom. The van der Waals surface area contributed by atoms with E-state index in [1.165, 1.54) is 19.3 Å². The molecule has 9 heavy (non-hydrogen) atoms. The van der Waals surface area contributed by atoms with Crippen molar-refractivity contribution in [3.05, 3.63) is 0 Å². The molecule has 0 aromatic carbocycles. The van der Waals surface area contributed by atoms with E-state index in [4.69, 9.17) is 4.84 Å². The smallest absolute Gasteiger partial charge is 0.0781 e. The summed E-state index contributed by atoms with van der Waals surface area (Å²) in [5, 5.41) is 2.16. The lowest BCUT2D eigenvalue weighted by Crippen LogP contribution is -2.20. The highest BCUT2D eigenvalue weighted by molar-refractivity contribution is 4.80. The molecule has 2 saturated heterocycles. The third kappa shape index (κ3) is 0.864. The molecular weight excluding hydrogens is 114 g/mol. The van der Waals surface area contributed by atoms with E-state index < -0.39 is 0 Å². The summed E-state index contributed by atoms with van der Waals surface area (Å²) in [5.41, 5.74) is 0. The molecule has 0 saturated carbocycles. The van der Waals surface area contributed by atoms with Gasteiger partial charge in [0.25, 0.3) is 0 Å². The van der Waals surface area contributed by atoms with E-state index in [2.05, 4.69) is 12.0 Å². The zero-order chi connectivity index (χ0) is 6.27. The van der Waals surface area contributed by atoms with Crippen molar-refractivity contribution in [3.63, 3.8) is 0 Å². The molecule has 2 heteroatoms. The molecule has 52 valence electrons. The number of hydroxylamine groups is 2. The van der Waals surface area contributed by atoms with Gasteiger partial charge in [0.1, 0.15) is 0 Å². The van der Waals surface area contributed by atoms with Crippen molar-refractivity contribution in [1.29, 1.82) is 0 Å². The van der Waals surface area contributed by atoms with E-state index in [1.807, 2.05) is 0 Å². The second kappa shape index (κ2) is 1.96. The van der Waals surface area contributed by atoms with Crippen LogP contribution >= 0.6 is 0 Å². The standard InChI is InChI=1S/C7H13NO/c1-6-5-7-3-2-4-8(7)9-6/h6-7H,2-5H2,1H3. The zero-order valence-corrected chi connectivity index (χ0v) is 5.84. The topological polar surface area (TPSA) is 12.5 Å². The SMILES string of the molecule is CC1CC2CCCN2O1. The quantitative estimate of drug-likeness (QED) is 0.484. The van der Waals surface area contributed by atoms with Crippen molar-refractivity contribution in [1.82, 2.24) is 5.06 Å². The molecule has 0 spiro atoms. The number of nitrogens with zero attached hydrogens (tertiary/aromatic N) is 1. The Morgan fingerprint density at radius 1 is 1.56 bits per heavy atom. The summed E-state index contributed by atoms with van der Waals surface area (Å²) < 4.78 is 0. The molecule has 2 aliphatic rings. The summed E-state index contributed by atoms with van der Waals surface area (Å²) in [4.78, 5) is 5.52.